The highest BCUT2D eigenvalue weighted by Crippen LogP contribution is 2.39. The van der Waals surface area contributed by atoms with Crippen LogP contribution < -0.4 is 10.4 Å². The van der Waals surface area contributed by atoms with Crippen molar-refractivity contribution in [2.45, 2.75) is 0 Å². The molecule has 0 saturated heterocycles. The van der Waals surface area contributed by atoms with Crippen LogP contribution in [0.2, 0.25) is 0 Å². The van der Waals surface area contributed by atoms with Gasteiger partial charge in [0.15, 0.2) is 7.29 Å². The Bertz CT molecular complexity index is 496. The molecule has 82 valence electrons. The Labute approximate surface area is 95.7 Å². The Balaban J connectivity index is 2.25. The Morgan fingerprint density at radius 3 is 1.94 bits per heavy atom. The molecule has 0 bridgehead atoms. The fourth-order valence-corrected chi connectivity index (χ4v) is 3.05. The van der Waals surface area contributed by atoms with E-state index in [1.807, 2.05) is 60.7 Å². The SMILES string of the molecule is CP(=O)(Nc1ccccc1)c1ccccc1. The van der Waals surface area contributed by atoms with Crippen molar-refractivity contribution in [1.82, 2.24) is 0 Å². The molecule has 2 aromatic rings. The van der Waals surface area contributed by atoms with Crippen molar-refractivity contribution in [2.75, 3.05) is 11.8 Å². The summed E-state index contributed by atoms with van der Waals surface area (Å²) in [5.74, 6) is 0. The predicted octanol–water partition coefficient (Wildman–Crippen LogP) is 3.33. The van der Waals surface area contributed by atoms with E-state index in [0.717, 1.165) is 11.0 Å². The van der Waals surface area contributed by atoms with Crippen molar-refractivity contribution in [1.29, 1.82) is 0 Å². The van der Waals surface area contributed by atoms with E-state index in [0.29, 0.717) is 0 Å². The van der Waals surface area contributed by atoms with Crippen LogP contribution in [0, 0.1) is 0 Å². The first-order valence-corrected chi connectivity index (χ1v) is 7.30. The monoisotopic (exact) mass is 231 g/mol. The van der Waals surface area contributed by atoms with Crippen LogP contribution in [0.25, 0.3) is 0 Å². The summed E-state index contributed by atoms with van der Waals surface area (Å²) in [7, 11) is -2.52. The van der Waals surface area contributed by atoms with E-state index < -0.39 is 7.29 Å². The molecule has 1 unspecified atom stereocenters. The lowest BCUT2D eigenvalue weighted by atomic mass is 10.3. The zero-order valence-corrected chi connectivity index (χ0v) is 10.0. The Hall–Kier alpha value is -1.53. The number of benzene rings is 2. The van der Waals surface area contributed by atoms with Crippen molar-refractivity contribution in [3.63, 3.8) is 0 Å². The maximum absolute atomic E-state index is 12.5. The van der Waals surface area contributed by atoms with Gasteiger partial charge in [-0.15, -0.1) is 0 Å². The summed E-state index contributed by atoms with van der Waals surface area (Å²) >= 11 is 0. The molecule has 0 saturated carbocycles. The van der Waals surface area contributed by atoms with Crippen LogP contribution in [0.4, 0.5) is 5.69 Å². The highest BCUT2D eigenvalue weighted by atomic mass is 31.2. The minimum atomic E-state index is -2.52. The van der Waals surface area contributed by atoms with Crippen molar-refractivity contribution in [3.05, 3.63) is 60.7 Å². The summed E-state index contributed by atoms with van der Waals surface area (Å²) in [5.41, 5.74) is 0.886. The van der Waals surface area contributed by atoms with Gasteiger partial charge >= 0.3 is 0 Å². The molecule has 0 heterocycles. The lowest BCUT2D eigenvalue weighted by molar-refractivity contribution is 0.588. The van der Waals surface area contributed by atoms with Crippen LogP contribution in [0.15, 0.2) is 60.7 Å². The van der Waals surface area contributed by atoms with E-state index in [1.165, 1.54) is 0 Å². The van der Waals surface area contributed by atoms with Gasteiger partial charge in [-0.25, -0.2) is 0 Å². The van der Waals surface area contributed by atoms with Crippen LogP contribution in [0.3, 0.4) is 0 Å². The Kier molecular flexibility index (Phi) is 3.12. The molecule has 2 nitrogen and oxygen atoms in total. The lowest BCUT2D eigenvalue weighted by Gasteiger charge is -2.16. The molecule has 0 aliphatic heterocycles. The van der Waals surface area contributed by atoms with Crippen LogP contribution in [0.5, 0.6) is 0 Å². The smallest absolute Gasteiger partial charge is 0.195 e. The predicted molar refractivity (Wildman–Crippen MR) is 69.7 cm³/mol. The number of hydrogen-bond donors (Lipinski definition) is 1. The zero-order chi connectivity index (χ0) is 11.4. The number of anilines is 1. The molecule has 1 N–H and O–H groups in total. The highest BCUT2D eigenvalue weighted by Gasteiger charge is 2.16. The first-order chi connectivity index (χ1) is 7.68. The van der Waals surface area contributed by atoms with Crippen molar-refractivity contribution >= 4 is 18.3 Å². The summed E-state index contributed by atoms with van der Waals surface area (Å²) < 4.78 is 12.5. The fraction of sp³-hybridized carbons (Fsp3) is 0.0769. The Morgan fingerprint density at radius 1 is 0.875 bits per heavy atom. The van der Waals surface area contributed by atoms with Gasteiger partial charge in [-0.2, -0.15) is 0 Å². The fourth-order valence-electron chi connectivity index (χ4n) is 1.54. The number of rotatable bonds is 3. The van der Waals surface area contributed by atoms with Gasteiger partial charge in [0, 0.05) is 17.7 Å². The zero-order valence-electron chi connectivity index (χ0n) is 9.13. The molecule has 0 radical (unpaired) electrons. The lowest BCUT2D eigenvalue weighted by Crippen LogP contribution is -2.09. The molecule has 2 rings (SSSR count). The minimum absolute atomic E-state index is 0.846. The molecule has 0 spiro atoms. The molecule has 0 aromatic heterocycles. The second kappa shape index (κ2) is 4.54. The topological polar surface area (TPSA) is 29.1 Å². The molecule has 2 aromatic carbocycles. The van der Waals surface area contributed by atoms with Crippen LogP contribution in [0.1, 0.15) is 0 Å². The molecule has 0 amide bonds. The molecule has 1 atom stereocenters. The van der Waals surface area contributed by atoms with Crippen LogP contribution in [-0.4, -0.2) is 6.66 Å². The van der Waals surface area contributed by atoms with Crippen molar-refractivity contribution in [3.8, 4) is 0 Å². The third kappa shape index (κ3) is 2.53. The summed E-state index contributed by atoms with van der Waals surface area (Å²) in [6.45, 7) is 1.75. The average Bonchev–Trinajstić information content (AvgIpc) is 2.31. The quantitative estimate of drug-likeness (QED) is 0.821. The van der Waals surface area contributed by atoms with Gasteiger partial charge < -0.3 is 5.09 Å². The van der Waals surface area contributed by atoms with E-state index in [9.17, 15) is 4.57 Å². The number of nitrogens with one attached hydrogen (secondary N) is 1. The average molecular weight is 231 g/mol. The summed E-state index contributed by atoms with van der Waals surface area (Å²) in [6.07, 6.45) is 0. The molecule has 0 fully saturated rings. The number of para-hydroxylation sites is 1. The van der Waals surface area contributed by atoms with Gasteiger partial charge in [0.05, 0.1) is 0 Å². The second-order valence-corrected chi connectivity index (χ2v) is 6.33. The first kappa shape index (κ1) is 11.0. The summed E-state index contributed by atoms with van der Waals surface area (Å²) in [6, 6.07) is 19.1. The maximum atomic E-state index is 12.5. The molecular weight excluding hydrogens is 217 g/mol. The highest BCUT2D eigenvalue weighted by molar-refractivity contribution is 7.72. The van der Waals surface area contributed by atoms with E-state index in [4.69, 9.17) is 0 Å². The second-order valence-electron chi connectivity index (χ2n) is 3.74. The van der Waals surface area contributed by atoms with Gasteiger partial charge in [0.1, 0.15) is 0 Å². The van der Waals surface area contributed by atoms with E-state index in [1.54, 1.807) is 6.66 Å². The minimum Gasteiger partial charge on any atom is -0.333 e. The molecular formula is C13H14NOP. The molecule has 0 aliphatic rings. The normalized spacial score (nSPS) is 14.1. The third-order valence-electron chi connectivity index (χ3n) is 2.37. The summed E-state index contributed by atoms with van der Waals surface area (Å²) in [5, 5.41) is 3.94. The van der Waals surface area contributed by atoms with Crippen molar-refractivity contribution in [2.24, 2.45) is 0 Å². The van der Waals surface area contributed by atoms with E-state index in [-0.39, 0.29) is 0 Å². The van der Waals surface area contributed by atoms with Gasteiger partial charge in [0.25, 0.3) is 0 Å². The van der Waals surface area contributed by atoms with Gasteiger partial charge in [-0.1, -0.05) is 36.4 Å². The first-order valence-electron chi connectivity index (χ1n) is 5.15. The Morgan fingerprint density at radius 2 is 1.38 bits per heavy atom. The van der Waals surface area contributed by atoms with Gasteiger partial charge in [-0.3, -0.25) is 4.57 Å². The standard InChI is InChI=1S/C13H14NOP/c1-16(15,13-10-6-3-7-11-13)14-12-8-4-2-5-9-12/h2-11H,1H3,(H,14,15). The largest absolute Gasteiger partial charge is 0.333 e. The van der Waals surface area contributed by atoms with Gasteiger partial charge in [0.2, 0.25) is 0 Å². The third-order valence-corrected chi connectivity index (χ3v) is 4.33. The van der Waals surface area contributed by atoms with E-state index >= 15 is 0 Å². The molecule has 0 aliphatic carbocycles. The molecule has 3 heteroatoms. The van der Waals surface area contributed by atoms with E-state index in [2.05, 4.69) is 5.09 Å². The summed E-state index contributed by atoms with van der Waals surface area (Å²) in [4.78, 5) is 0. The molecule has 16 heavy (non-hydrogen) atoms. The van der Waals surface area contributed by atoms with Crippen LogP contribution >= 0.6 is 7.29 Å². The van der Waals surface area contributed by atoms with Crippen LogP contribution in [-0.2, 0) is 4.57 Å². The van der Waals surface area contributed by atoms with Gasteiger partial charge in [-0.05, 0) is 24.3 Å². The number of hydrogen-bond acceptors (Lipinski definition) is 1. The van der Waals surface area contributed by atoms with Crippen molar-refractivity contribution < 1.29 is 4.57 Å². The maximum Gasteiger partial charge on any atom is 0.195 e.